The van der Waals surface area contributed by atoms with Gasteiger partial charge in [-0.1, -0.05) is 43.2 Å². The maximum atomic E-state index is 12.8. The van der Waals surface area contributed by atoms with Crippen LogP contribution >= 0.6 is 0 Å². The fourth-order valence-electron chi connectivity index (χ4n) is 3.80. The molecule has 2 fully saturated rings. The third kappa shape index (κ3) is 3.00. The molecule has 2 saturated carbocycles. The van der Waals surface area contributed by atoms with Gasteiger partial charge in [-0.2, -0.15) is 5.10 Å². The zero-order valence-corrected chi connectivity index (χ0v) is 14.6. The van der Waals surface area contributed by atoms with Gasteiger partial charge >= 0.3 is 5.97 Å². The molecular weight excluding hydrogens is 330 g/mol. The van der Waals surface area contributed by atoms with Crippen molar-refractivity contribution < 1.29 is 14.7 Å². The number of aromatic nitrogens is 2. The third-order valence-corrected chi connectivity index (χ3v) is 5.65. The van der Waals surface area contributed by atoms with E-state index in [1.807, 2.05) is 35.0 Å². The summed E-state index contributed by atoms with van der Waals surface area (Å²) in [6, 6.07) is 10.1. The van der Waals surface area contributed by atoms with Crippen molar-refractivity contribution in [3.63, 3.8) is 0 Å². The van der Waals surface area contributed by atoms with Gasteiger partial charge in [-0.15, -0.1) is 0 Å². The summed E-state index contributed by atoms with van der Waals surface area (Å²) in [5, 5.41) is 16.7. The Morgan fingerprint density at radius 2 is 1.88 bits per heavy atom. The van der Waals surface area contributed by atoms with Crippen LogP contribution in [0.15, 0.2) is 36.5 Å². The number of carbonyl (C=O) groups excluding carboxylic acids is 1. The Labute approximate surface area is 152 Å². The predicted molar refractivity (Wildman–Crippen MR) is 96.8 cm³/mol. The SMILES string of the molecule is O=C(NCC1(C(=O)O)CC1)c1cnn(C2CCCC2)c1-c1ccccc1. The Balaban J connectivity index is 1.63. The number of carbonyl (C=O) groups is 2. The van der Waals surface area contributed by atoms with Crippen molar-refractivity contribution in [2.75, 3.05) is 6.54 Å². The van der Waals surface area contributed by atoms with E-state index >= 15 is 0 Å². The topological polar surface area (TPSA) is 84.2 Å². The molecule has 136 valence electrons. The highest BCUT2D eigenvalue weighted by molar-refractivity contribution is 6.00. The van der Waals surface area contributed by atoms with Crippen LogP contribution in [0.25, 0.3) is 11.3 Å². The van der Waals surface area contributed by atoms with E-state index in [1.165, 1.54) is 12.8 Å². The van der Waals surface area contributed by atoms with Crippen molar-refractivity contribution in [1.29, 1.82) is 0 Å². The van der Waals surface area contributed by atoms with E-state index in [0.29, 0.717) is 24.4 Å². The number of benzene rings is 1. The Morgan fingerprint density at radius 1 is 1.19 bits per heavy atom. The first kappa shape index (κ1) is 16.8. The van der Waals surface area contributed by atoms with Crippen molar-refractivity contribution in [2.45, 2.75) is 44.6 Å². The first-order valence-corrected chi connectivity index (χ1v) is 9.25. The molecule has 6 heteroatoms. The van der Waals surface area contributed by atoms with E-state index in [2.05, 4.69) is 10.4 Å². The Hall–Kier alpha value is -2.63. The standard InChI is InChI=1S/C20H23N3O3/c24-18(21-13-20(10-11-20)19(25)26)16-12-22-23(15-8-4-5-9-15)17(16)14-6-2-1-3-7-14/h1-3,6-7,12,15H,4-5,8-11,13H2,(H,21,24)(H,25,26). The van der Waals surface area contributed by atoms with Crippen molar-refractivity contribution >= 4 is 11.9 Å². The van der Waals surface area contributed by atoms with Crippen LogP contribution in [-0.2, 0) is 4.79 Å². The minimum Gasteiger partial charge on any atom is -0.481 e. The molecule has 1 heterocycles. The van der Waals surface area contributed by atoms with Crippen LogP contribution in [0, 0.1) is 5.41 Å². The molecular formula is C20H23N3O3. The third-order valence-electron chi connectivity index (χ3n) is 5.65. The average molecular weight is 353 g/mol. The van der Waals surface area contributed by atoms with E-state index in [-0.39, 0.29) is 12.5 Å². The van der Waals surface area contributed by atoms with Gasteiger partial charge in [0.15, 0.2) is 0 Å². The number of hydrogen-bond donors (Lipinski definition) is 2. The molecule has 0 spiro atoms. The summed E-state index contributed by atoms with van der Waals surface area (Å²) in [5.41, 5.74) is 1.53. The van der Waals surface area contributed by atoms with Gasteiger partial charge in [-0.05, 0) is 25.7 Å². The Bertz CT molecular complexity index is 818. The van der Waals surface area contributed by atoms with Crippen LogP contribution in [0.3, 0.4) is 0 Å². The maximum absolute atomic E-state index is 12.8. The van der Waals surface area contributed by atoms with E-state index < -0.39 is 11.4 Å². The van der Waals surface area contributed by atoms with Crippen molar-refractivity contribution in [3.8, 4) is 11.3 Å². The van der Waals surface area contributed by atoms with Crippen LogP contribution in [0.4, 0.5) is 0 Å². The van der Waals surface area contributed by atoms with Crippen LogP contribution in [-0.4, -0.2) is 33.3 Å². The summed E-state index contributed by atoms with van der Waals surface area (Å²) in [6.07, 6.45) is 7.37. The molecule has 0 radical (unpaired) electrons. The fraction of sp³-hybridized carbons (Fsp3) is 0.450. The predicted octanol–water partition coefficient (Wildman–Crippen LogP) is 3.26. The summed E-state index contributed by atoms with van der Waals surface area (Å²) >= 11 is 0. The second-order valence-electron chi connectivity index (χ2n) is 7.42. The van der Waals surface area contributed by atoms with E-state index in [4.69, 9.17) is 0 Å². The Morgan fingerprint density at radius 3 is 2.50 bits per heavy atom. The zero-order valence-electron chi connectivity index (χ0n) is 14.6. The molecule has 2 aliphatic rings. The molecule has 1 amide bonds. The maximum Gasteiger partial charge on any atom is 0.311 e. The quantitative estimate of drug-likeness (QED) is 0.835. The molecule has 2 N–H and O–H groups in total. The highest BCUT2D eigenvalue weighted by Gasteiger charge is 2.50. The lowest BCUT2D eigenvalue weighted by atomic mass is 10.1. The molecule has 2 aliphatic carbocycles. The molecule has 1 aromatic carbocycles. The number of nitrogens with one attached hydrogen (secondary N) is 1. The van der Waals surface area contributed by atoms with E-state index in [1.54, 1.807) is 6.20 Å². The summed E-state index contributed by atoms with van der Waals surface area (Å²) in [5.74, 6) is -1.08. The molecule has 0 aliphatic heterocycles. The van der Waals surface area contributed by atoms with Crippen LogP contribution in [0.2, 0.25) is 0 Å². The first-order chi connectivity index (χ1) is 12.6. The normalized spacial score (nSPS) is 18.6. The highest BCUT2D eigenvalue weighted by atomic mass is 16.4. The molecule has 0 bridgehead atoms. The number of aliphatic carboxylic acids is 1. The number of carboxylic acid groups (broad SMARTS) is 1. The minimum atomic E-state index is -0.831. The molecule has 0 saturated heterocycles. The average Bonchev–Trinajstić information content (AvgIpc) is 3.07. The second-order valence-corrected chi connectivity index (χ2v) is 7.42. The number of carboxylic acids is 1. The monoisotopic (exact) mass is 353 g/mol. The minimum absolute atomic E-state index is 0.171. The molecule has 0 unspecified atom stereocenters. The summed E-state index contributed by atoms with van der Waals surface area (Å²) in [7, 11) is 0. The van der Waals surface area contributed by atoms with Gasteiger partial charge in [0.1, 0.15) is 0 Å². The lowest BCUT2D eigenvalue weighted by Gasteiger charge is -2.16. The molecule has 4 rings (SSSR count). The summed E-state index contributed by atoms with van der Waals surface area (Å²) in [6.45, 7) is 0.171. The van der Waals surface area contributed by atoms with Crippen LogP contribution in [0.5, 0.6) is 0 Å². The van der Waals surface area contributed by atoms with Crippen LogP contribution < -0.4 is 5.32 Å². The van der Waals surface area contributed by atoms with Gasteiger partial charge in [0.2, 0.25) is 0 Å². The smallest absolute Gasteiger partial charge is 0.311 e. The molecule has 0 atom stereocenters. The van der Waals surface area contributed by atoms with Crippen molar-refractivity contribution in [2.24, 2.45) is 5.41 Å². The lowest BCUT2D eigenvalue weighted by molar-refractivity contribution is -0.143. The fourth-order valence-corrected chi connectivity index (χ4v) is 3.80. The molecule has 26 heavy (non-hydrogen) atoms. The van der Waals surface area contributed by atoms with Crippen molar-refractivity contribution in [1.82, 2.24) is 15.1 Å². The lowest BCUT2D eigenvalue weighted by Crippen LogP contribution is -2.34. The number of amides is 1. The molecule has 2 aromatic rings. The second kappa shape index (κ2) is 6.59. The highest BCUT2D eigenvalue weighted by Crippen LogP contribution is 2.45. The van der Waals surface area contributed by atoms with Gasteiger partial charge in [-0.3, -0.25) is 14.3 Å². The summed E-state index contributed by atoms with van der Waals surface area (Å²) in [4.78, 5) is 24.1. The summed E-state index contributed by atoms with van der Waals surface area (Å²) < 4.78 is 1.99. The van der Waals surface area contributed by atoms with Crippen LogP contribution in [0.1, 0.15) is 54.9 Å². The number of hydrogen-bond acceptors (Lipinski definition) is 3. The van der Waals surface area contributed by atoms with Gasteiger partial charge in [0.25, 0.3) is 5.91 Å². The largest absolute Gasteiger partial charge is 0.481 e. The van der Waals surface area contributed by atoms with Gasteiger partial charge in [0, 0.05) is 12.1 Å². The van der Waals surface area contributed by atoms with Gasteiger partial charge < -0.3 is 10.4 Å². The van der Waals surface area contributed by atoms with E-state index in [0.717, 1.165) is 24.1 Å². The van der Waals surface area contributed by atoms with Gasteiger partial charge in [-0.25, -0.2) is 0 Å². The van der Waals surface area contributed by atoms with Gasteiger partial charge in [0.05, 0.1) is 28.9 Å². The molecule has 1 aromatic heterocycles. The number of rotatable bonds is 6. The molecule has 6 nitrogen and oxygen atoms in total. The number of nitrogens with zero attached hydrogens (tertiary/aromatic N) is 2. The first-order valence-electron chi connectivity index (χ1n) is 9.25. The van der Waals surface area contributed by atoms with Crippen molar-refractivity contribution in [3.05, 3.63) is 42.1 Å². The zero-order chi connectivity index (χ0) is 18.1. The Kier molecular flexibility index (Phi) is 4.26. The van der Waals surface area contributed by atoms with E-state index in [9.17, 15) is 14.7 Å².